The molecule has 0 unspecified atom stereocenters. The van der Waals surface area contributed by atoms with Crippen LogP contribution in [-0.4, -0.2) is 34.6 Å². The topological polar surface area (TPSA) is 60.2 Å². The maximum atomic E-state index is 5.74. The Morgan fingerprint density at radius 2 is 2.28 bits per heavy atom. The zero-order valence-electron chi connectivity index (χ0n) is 11.2. The van der Waals surface area contributed by atoms with Gasteiger partial charge in [-0.3, -0.25) is 0 Å². The molecule has 1 N–H and O–H groups in total. The van der Waals surface area contributed by atoms with E-state index in [1.54, 1.807) is 0 Å². The highest BCUT2D eigenvalue weighted by atomic mass is 32.2. The van der Waals surface area contributed by atoms with Gasteiger partial charge in [-0.15, -0.1) is 0 Å². The Morgan fingerprint density at radius 3 is 2.89 bits per heavy atom. The van der Waals surface area contributed by atoms with E-state index in [9.17, 15) is 0 Å². The highest BCUT2D eigenvalue weighted by Gasteiger charge is 2.32. The van der Waals surface area contributed by atoms with Gasteiger partial charge in [0, 0.05) is 13.1 Å². The van der Waals surface area contributed by atoms with Crippen molar-refractivity contribution in [1.29, 1.82) is 0 Å². The Balaban J connectivity index is 1.72. The first-order chi connectivity index (χ1) is 8.57. The third kappa shape index (κ3) is 3.96. The maximum absolute atomic E-state index is 5.74. The molecule has 1 saturated heterocycles. The molecule has 1 aromatic rings. The van der Waals surface area contributed by atoms with Gasteiger partial charge < -0.3 is 14.6 Å². The minimum Gasteiger partial charge on any atom is -0.363 e. The van der Waals surface area contributed by atoms with E-state index < -0.39 is 0 Å². The average Bonchev–Trinajstić information content (AvgIpc) is 2.71. The fourth-order valence-corrected chi connectivity index (χ4v) is 2.50. The SMILES string of the molecule is CC(C)CSCc1noc(COC2(C)CNC2)n1. The normalized spacial score (nSPS) is 18.0. The zero-order valence-corrected chi connectivity index (χ0v) is 12.0. The summed E-state index contributed by atoms with van der Waals surface area (Å²) in [6.07, 6.45) is 0. The van der Waals surface area contributed by atoms with E-state index >= 15 is 0 Å². The van der Waals surface area contributed by atoms with Crippen molar-refractivity contribution in [2.24, 2.45) is 5.92 Å². The summed E-state index contributed by atoms with van der Waals surface area (Å²) >= 11 is 1.83. The Kier molecular flexibility index (Phi) is 4.64. The summed E-state index contributed by atoms with van der Waals surface area (Å²) in [4.78, 5) is 4.32. The zero-order chi connectivity index (χ0) is 13.0. The van der Waals surface area contributed by atoms with Gasteiger partial charge in [0.1, 0.15) is 6.61 Å². The van der Waals surface area contributed by atoms with Crippen LogP contribution in [0.15, 0.2) is 4.52 Å². The molecule has 0 spiro atoms. The summed E-state index contributed by atoms with van der Waals surface area (Å²) in [6.45, 7) is 8.67. The molecule has 1 aliphatic rings. The number of aromatic nitrogens is 2. The Hall–Kier alpha value is -0.590. The van der Waals surface area contributed by atoms with Crippen molar-refractivity contribution in [3.05, 3.63) is 11.7 Å². The van der Waals surface area contributed by atoms with Crippen LogP contribution in [0.4, 0.5) is 0 Å². The van der Waals surface area contributed by atoms with E-state index in [0.29, 0.717) is 18.4 Å². The second kappa shape index (κ2) is 6.04. The van der Waals surface area contributed by atoms with Gasteiger partial charge in [-0.1, -0.05) is 19.0 Å². The van der Waals surface area contributed by atoms with Crippen molar-refractivity contribution in [3.63, 3.8) is 0 Å². The van der Waals surface area contributed by atoms with Crippen molar-refractivity contribution >= 4 is 11.8 Å². The standard InChI is InChI=1S/C12H21N3O2S/c1-9(2)5-18-6-10-14-11(17-15-10)4-16-12(3)7-13-8-12/h9,13H,4-8H2,1-3H3. The molecule has 0 saturated carbocycles. The number of ether oxygens (including phenoxy) is 1. The minimum absolute atomic E-state index is 0.0684. The molecule has 1 aliphatic heterocycles. The monoisotopic (exact) mass is 271 g/mol. The maximum Gasteiger partial charge on any atom is 0.252 e. The van der Waals surface area contributed by atoms with Gasteiger partial charge in [-0.2, -0.15) is 16.7 Å². The fourth-order valence-electron chi connectivity index (χ4n) is 1.61. The average molecular weight is 271 g/mol. The van der Waals surface area contributed by atoms with E-state index in [-0.39, 0.29) is 5.60 Å². The fraction of sp³-hybridized carbons (Fsp3) is 0.833. The van der Waals surface area contributed by atoms with Gasteiger partial charge in [-0.25, -0.2) is 0 Å². The number of nitrogens with one attached hydrogen (secondary N) is 1. The third-order valence-corrected chi connectivity index (χ3v) is 4.10. The van der Waals surface area contributed by atoms with Gasteiger partial charge in [0.2, 0.25) is 0 Å². The van der Waals surface area contributed by atoms with E-state index in [1.807, 2.05) is 11.8 Å². The number of hydrogen-bond acceptors (Lipinski definition) is 6. The van der Waals surface area contributed by atoms with Crippen LogP contribution in [0.25, 0.3) is 0 Å². The summed E-state index contributed by atoms with van der Waals surface area (Å²) in [7, 11) is 0. The molecule has 6 heteroatoms. The van der Waals surface area contributed by atoms with Crippen LogP contribution in [-0.2, 0) is 17.1 Å². The number of thioether (sulfide) groups is 1. The Bertz CT molecular complexity index is 377. The van der Waals surface area contributed by atoms with Crippen LogP contribution in [0.2, 0.25) is 0 Å². The van der Waals surface area contributed by atoms with Crippen LogP contribution in [0.1, 0.15) is 32.5 Å². The van der Waals surface area contributed by atoms with E-state index in [4.69, 9.17) is 9.26 Å². The van der Waals surface area contributed by atoms with Crippen molar-refractivity contribution in [3.8, 4) is 0 Å². The molecule has 2 rings (SSSR count). The lowest BCUT2D eigenvalue weighted by atomic mass is 10.0. The first kappa shape index (κ1) is 13.8. The molecule has 0 amide bonds. The largest absolute Gasteiger partial charge is 0.363 e. The molecular weight excluding hydrogens is 250 g/mol. The van der Waals surface area contributed by atoms with Crippen LogP contribution in [0, 0.1) is 5.92 Å². The van der Waals surface area contributed by atoms with Crippen LogP contribution in [0.3, 0.4) is 0 Å². The summed E-state index contributed by atoms with van der Waals surface area (Å²) in [6, 6.07) is 0. The lowest BCUT2D eigenvalue weighted by molar-refractivity contribution is -0.0841. The van der Waals surface area contributed by atoms with Gasteiger partial charge >= 0.3 is 0 Å². The second-order valence-electron chi connectivity index (χ2n) is 5.36. The molecule has 0 aromatic carbocycles. The first-order valence-electron chi connectivity index (χ1n) is 6.31. The first-order valence-corrected chi connectivity index (χ1v) is 7.47. The lowest BCUT2D eigenvalue weighted by Gasteiger charge is -2.38. The predicted molar refractivity (Wildman–Crippen MR) is 71.4 cm³/mol. The number of rotatable bonds is 7. The van der Waals surface area contributed by atoms with Gasteiger partial charge in [0.05, 0.1) is 11.4 Å². The Labute approximate surface area is 112 Å². The molecule has 102 valence electrons. The summed E-state index contributed by atoms with van der Waals surface area (Å²) in [5, 5.41) is 7.14. The molecular formula is C12H21N3O2S. The Morgan fingerprint density at radius 1 is 1.50 bits per heavy atom. The van der Waals surface area contributed by atoms with Gasteiger partial charge in [0.25, 0.3) is 5.89 Å². The predicted octanol–water partition coefficient (Wildman–Crippen LogP) is 1.84. The molecule has 18 heavy (non-hydrogen) atoms. The quantitative estimate of drug-likeness (QED) is 0.816. The lowest BCUT2D eigenvalue weighted by Crippen LogP contribution is -2.58. The van der Waals surface area contributed by atoms with Crippen molar-refractivity contribution in [2.75, 3.05) is 18.8 Å². The second-order valence-corrected chi connectivity index (χ2v) is 6.39. The molecule has 5 nitrogen and oxygen atoms in total. The molecule has 0 aliphatic carbocycles. The van der Waals surface area contributed by atoms with Crippen LogP contribution in [0.5, 0.6) is 0 Å². The third-order valence-electron chi connectivity index (χ3n) is 2.73. The molecule has 1 fully saturated rings. The smallest absolute Gasteiger partial charge is 0.252 e. The molecule has 0 bridgehead atoms. The highest BCUT2D eigenvalue weighted by Crippen LogP contribution is 2.18. The van der Waals surface area contributed by atoms with Crippen LogP contribution < -0.4 is 5.32 Å². The number of nitrogens with zero attached hydrogens (tertiary/aromatic N) is 2. The molecule has 1 aromatic heterocycles. The molecule has 2 heterocycles. The minimum atomic E-state index is -0.0684. The molecule has 0 atom stereocenters. The summed E-state index contributed by atoms with van der Waals surface area (Å²) in [5.74, 6) is 3.94. The highest BCUT2D eigenvalue weighted by molar-refractivity contribution is 7.98. The van der Waals surface area contributed by atoms with Gasteiger partial charge in [0.15, 0.2) is 5.82 Å². The molecule has 0 radical (unpaired) electrons. The van der Waals surface area contributed by atoms with E-state index in [1.165, 1.54) is 0 Å². The van der Waals surface area contributed by atoms with Gasteiger partial charge in [-0.05, 0) is 18.6 Å². The van der Waals surface area contributed by atoms with Crippen molar-refractivity contribution < 1.29 is 9.26 Å². The van der Waals surface area contributed by atoms with Crippen molar-refractivity contribution in [2.45, 2.75) is 38.7 Å². The summed E-state index contributed by atoms with van der Waals surface area (Å²) < 4.78 is 10.9. The summed E-state index contributed by atoms with van der Waals surface area (Å²) in [5.41, 5.74) is -0.0684. The van der Waals surface area contributed by atoms with Crippen molar-refractivity contribution in [1.82, 2.24) is 15.5 Å². The van der Waals surface area contributed by atoms with E-state index in [2.05, 4.69) is 36.2 Å². The number of hydrogen-bond donors (Lipinski definition) is 1. The van der Waals surface area contributed by atoms with E-state index in [0.717, 1.165) is 30.4 Å². The van der Waals surface area contributed by atoms with Crippen LogP contribution >= 0.6 is 11.8 Å².